The Labute approximate surface area is 104 Å². The van der Waals surface area contributed by atoms with Gasteiger partial charge in [-0.1, -0.05) is 6.07 Å². The summed E-state index contributed by atoms with van der Waals surface area (Å²) in [6.07, 6.45) is 1.73. The van der Waals surface area contributed by atoms with E-state index in [1.54, 1.807) is 6.20 Å². The second-order valence-electron chi connectivity index (χ2n) is 4.23. The van der Waals surface area contributed by atoms with Crippen LogP contribution in [0.2, 0.25) is 0 Å². The largest absolute Gasteiger partial charge is 0.383 e. The summed E-state index contributed by atoms with van der Waals surface area (Å²) in [5.74, 6) is 1.19. The van der Waals surface area contributed by atoms with E-state index >= 15 is 0 Å². The molecule has 0 unspecified atom stereocenters. The van der Waals surface area contributed by atoms with Crippen LogP contribution in [-0.2, 0) is 0 Å². The molecule has 0 atom stereocenters. The van der Waals surface area contributed by atoms with Gasteiger partial charge >= 0.3 is 0 Å². The number of nitrogen functional groups attached to an aromatic ring is 1. The zero-order valence-corrected chi connectivity index (χ0v) is 10.3. The molecule has 0 aromatic carbocycles. The van der Waals surface area contributed by atoms with E-state index in [-0.39, 0.29) is 0 Å². The van der Waals surface area contributed by atoms with Crippen molar-refractivity contribution in [2.45, 2.75) is 13.8 Å². The highest BCUT2D eigenvalue weighted by molar-refractivity contribution is 5.71. The van der Waals surface area contributed by atoms with Gasteiger partial charge in [0.2, 0.25) is 5.78 Å². The number of nitrogens with two attached hydrogens (primary N) is 1. The smallest absolute Gasteiger partial charge is 0.236 e. The second-order valence-corrected chi connectivity index (χ2v) is 4.23. The molecule has 0 radical (unpaired) electrons. The van der Waals surface area contributed by atoms with Gasteiger partial charge in [-0.05, 0) is 32.0 Å². The molecule has 0 saturated carbocycles. The summed E-state index contributed by atoms with van der Waals surface area (Å²) < 4.78 is 1.84. The first-order valence-electron chi connectivity index (χ1n) is 5.70. The van der Waals surface area contributed by atoms with Gasteiger partial charge in [0.1, 0.15) is 11.5 Å². The Balaban J connectivity index is 2.33. The molecule has 0 fully saturated rings. The molecule has 0 aliphatic rings. The molecule has 0 spiro atoms. The Bertz CT molecular complexity index is 715. The minimum Gasteiger partial charge on any atom is -0.383 e. The zero-order valence-electron chi connectivity index (χ0n) is 10.3. The number of aromatic nitrogens is 4. The molecule has 3 rings (SSSR count). The third kappa shape index (κ3) is 1.52. The van der Waals surface area contributed by atoms with Crippen molar-refractivity contribution in [3.05, 3.63) is 41.9 Å². The van der Waals surface area contributed by atoms with Crippen molar-refractivity contribution in [3.63, 3.8) is 0 Å². The van der Waals surface area contributed by atoms with Crippen LogP contribution in [0.5, 0.6) is 0 Å². The molecule has 0 aliphatic carbocycles. The van der Waals surface area contributed by atoms with E-state index in [2.05, 4.69) is 15.0 Å². The normalized spacial score (nSPS) is 11.0. The third-order valence-electron chi connectivity index (χ3n) is 2.85. The lowest BCUT2D eigenvalue weighted by Crippen LogP contribution is -2.00. The topological polar surface area (TPSA) is 69.1 Å². The van der Waals surface area contributed by atoms with Gasteiger partial charge in [-0.3, -0.25) is 9.38 Å². The molecule has 18 heavy (non-hydrogen) atoms. The molecule has 3 aromatic rings. The predicted molar refractivity (Wildman–Crippen MR) is 70.1 cm³/mol. The monoisotopic (exact) mass is 239 g/mol. The number of fused-ring (bicyclic) bond motifs is 1. The minimum absolute atomic E-state index is 0.578. The van der Waals surface area contributed by atoms with Crippen molar-refractivity contribution in [1.29, 1.82) is 0 Å². The number of anilines is 1. The van der Waals surface area contributed by atoms with E-state index in [0.29, 0.717) is 17.3 Å². The number of aryl methyl sites for hydroxylation is 2. The van der Waals surface area contributed by atoms with Gasteiger partial charge in [-0.2, -0.15) is 0 Å². The van der Waals surface area contributed by atoms with Crippen LogP contribution in [0.15, 0.2) is 30.5 Å². The summed E-state index contributed by atoms with van der Waals surface area (Å²) in [5, 5.41) is 0. The Morgan fingerprint density at radius 2 is 2.00 bits per heavy atom. The lowest BCUT2D eigenvalue weighted by molar-refractivity contribution is 1.02. The molecule has 5 heteroatoms. The van der Waals surface area contributed by atoms with Gasteiger partial charge in [-0.15, -0.1) is 0 Å². The van der Waals surface area contributed by atoms with Gasteiger partial charge in [0.25, 0.3) is 0 Å². The first-order chi connectivity index (χ1) is 8.66. The lowest BCUT2D eigenvalue weighted by atomic mass is 10.3. The molecule has 0 aliphatic heterocycles. The van der Waals surface area contributed by atoms with E-state index in [1.807, 2.05) is 42.5 Å². The zero-order chi connectivity index (χ0) is 12.7. The highest BCUT2D eigenvalue weighted by Crippen LogP contribution is 2.25. The molecule has 5 nitrogen and oxygen atoms in total. The fourth-order valence-corrected chi connectivity index (χ4v) is 2.09. The number of pyridine rings is 1. The van der Waals surface area contributed by atoms with E-state index in [4.69, 9.17) is 5.73 Å². The Morgan fingerprint density at radius 1 is 1.17 bits per heavy atom. The molecule has 90 valence electrons. The average molecular weight is 239 g/mol. The van der Waals surface area contributed by atoms with E-state index < -0.39 is 0 Å². The number of hydrogen-bond donors (Lipinski definition) is 1. The van der Waals surface area contributed by atoms with Crippen LogP contribution >= 0.6 is 0 Å². The van der Waals surface area contributed by atoms with Gasteiger partial charge < -0.3 is 5.73 Å². The van der Waals surface area contributed by atoms with Crippen LogP contribution in [0.3, 0.4) is 0 Å². The first kappa shape index (κ1) is 10.7. The number of imidazole rings is 1. The second kappa shape index (κ2) is 3.80. The van der Waals surface area contributed by atoms with Gasteiger partial charge in [-0.25, -0.2) is 9.97 Å². The summed E-state index contributed by atoms with van der Waals surface area (Å²) >= 11 is 0. The van der Waals surface area contributed by atoms with Crippen LogP contribution in [0.4, 0.5) is 5.82 Å². The van der Waals surface area contributed by atoms with Crippen LogP contribution in [0.1, 0.15) is 11.4 Å². The van der Waals surface area contributed by atoms with Gasteiger partial charge in [0, 0.05) is 17.6 Å². The minimum atomic E-state index is 0.578. The molecule has 0 amide bonds. The highest BCUT2D eigenvalue weighted by atomic mass is 15.2. The third-order valence-corrected chi connectivity index (χ3v) is 2.85. The van der Waals surface area contributed by atoms with Crippen molar-refractivity contribution in [3.8, 4) is 11.4 Å². The van der Waals surface area contributed by atoms with Gasteiger partial charge in [0.15, 0.2) is 0 Å². The lowest BCUT2D eigenvalue weighted by Gasteiger charge is -2.02. The fraction of sp³-hybridized carbons (Fsp3) is 0.154. The summed E-state index contributed by atoms with van der Waals surface area (Å²) in [4.78, 5) is 13.1. The molecular formula is C13H13N5. The van der Waals surface area contributed by atoms with Crippen molar-refractivity contribution in [2.75, 3.05) is 5.73 Å². The number of hydrogen-bond acceptors (Lipinski definition) is 4. The number of rotatable bonds is 1. The maximum absolute atomic E-state index is 6.14. The molecule has 3 aromatic heterocycles. The molecule has 0 bridgehead atoms. The summed E-state index contributed by atoms with van der Waals surface area (Å²) in [7, 11) is 0. The van der Waals surface area contributed by atoms with Crippen molar-refractivity contribution in [2.24, 2.45) is 0 Å². The molecule has 0 saturated heterocycles. The standard InChI is InChI=1S/C13H13N5/c1-8-7-9(2)18-12(14)11(17-13(18)16-8)10-5-3-4-6-15-10/h3-7H,14H2,1-2H3. The van der Waals surface area contributed by atoms with Crippen LogP contribution < -0.4 is 5.73 Å². The number of nitrogens with zero attached hydrogens (tertiary/aromatic N) is 4. The van der Waals surface area contributed by atoms with Crippen molar-refractivity contribution in [1.82, 2.24) is 19.4 Å². The SMILES string of the molecule is Cc1cc(C)n2c(N)c(-c3ccccn3)nc2n1. The highest BCUT2D eigenvalue weighted by Gasteiger charge is 2.14. The summed E-state index contributed by atoms with van der Waals surface area (Å²) in [5.41, 5.74) is 9.53. The average Bonchev–Trinajstić information content (AvgIpc) is 2.67. The molecular weight excluding hydrogens is 226 g/mol. The molecule has 3 heterocycles. The van der Waals surface area contributed by atoms with E-state index in [9.17, 15) is 0 Å². The van der Waals surface area contributed by atoms with E-state index in [0.717, 1.165) is 17.1 Å². The fourth-order valence-electron chi connectivity index (χ4n) is 2.09. The maximum atomic E-state index is 6.14. The van der Waals surface area contributed by atoms with Crippen LogP contribution in [0.25, 0.3) is 17.2 Å². The van der Waals surface area contributed by atoms with E-state index in [1.165, 1.54) is 0 Å². The first-order valence-corrected chi connectivity index (χ1v) is 5.70. The van der Waals surface area contributed by atoms with Gasteiger partial charge in [0.05, 0.1) is 5.69 Å². The summed E-state index contributed by atoms with van der Waals surface area (Å²) in [6, 6.07) is 7.65. The Hall–Kier alpha value is -2.43. The summed E-state index contributed by atoms with van der Waals surface area (Å²) in [6.45, 7) is 3.93. The Kier molecular flexibility index (Phi) is 2.26. The Morgan fingerprint density at radius 3 is 2.72 bits per heavy atom. The maximum Gasteiger partial charge on any atom is 0.236 e. The predicted octanol–water partition coefficient (Wildman–Crippen LogP) is 1.99. The van der Waals surface area contributed by atoms with Crippen molar-refractivity contribution >= 4 is 11.6 Å². The quantitative estimate of drug-likeness (QED) is 0.705. The van der Waals surface area contributed by atoms with Crippen LogP contribution in [0, 0.1) is 13.8 Å². The molecule has 2 N–H and O–H groups in total. The van der Waals surface area contributed by atoms with Crippen molar-refractivity contribution < 1.29 is 0 Å². The van der Waals surface area contributed by atoms with Crippen LogP contribution in [-0.4, -0.2) is 19.4 Å².